The van der Waals surface area contributed by atoms with Crippen LogP contribution in [0.4, 0.5) is 5.69 Å². The van der Waals surface area contributed by atoms with Gasteiger partial charge in [0.15, 0.2) is 0 Å². The zero-order valence-corrected chi connectivity index (χ0v) is 17.9. The van der Waals surface area contributed by atoms with Gasteiger partial charge in [0.05, 0.1) is 38.1 Å². The van der Waals surface area contributed by atoms with Crippen molar-refractivity contribution < 1.29 is 19.1 Å². The standard InChI is InChI=1S/C24H24N4O4/c1-31-20-8-6-16(7-9-20)22-11-18(26-15-27-22)13-25-24(30)17-10-23(29)28(14-17)19-4-3-5-21(12-19)32-2/h3-9,11-12,15,17H,10,13-14H2,1-2H3,(H,25,30). The SMILES string of the molecule is COc1ccc(-c2cc(CNC(=O)C3CC(=O)N(c4cccc(OC)c4)C3)ncn2)cc1. The molecule has 0 spiro atoms. The Morgan fingerprint density at radius 3 is 2.59 bits per heavy atom. The van der Waals surface area contributed by atoms with E-state index in [-0.39, 0.29) is 24.8 Å². The smallest absolute Gasteiger partial charge is 0.227 e. The fraction of sp³-hybridized carbons (Fsp3) is 0.250. The van der Waals surface area contributed by atoms with Crippen molar-refractivity contribution in [1.29, 1.82) is 0 Å². The summed E-state index contributed by atoms with van der Waals surface area (Å²) < 4.78 is 10.4. The summed E-state index contributed by atoms with van der Waals surface area (Å²) >= 11 is 0. The first-order valence-electron chi connectivity index (χ1n) is 10.2. The summed E-state index contributed by atoms with van der Waals surface area (Å²) in [4.78, 5) is 35.4. The van der Waals surface area contributed by atoms with Gasteiger partial charge in [0.2, 0.25) is 11.8 Å². The van der Waals surface area contributed by atoms with E-state index in [0.29, 0.717) is 18.0 Å². The van der Waals surface area contributed by atoms with Crippen molar-refractivity contribution >= 4 is 17.5 Å². The van der Waals surface area contributed by atoms with Crippen LogP contribution >= 0.6 is 0 Å². The van der Waals surface area contributed by atoms with E-state index in [9.17, 15) is 9.59 Å². The molecular weight excluding hydrogens is 408 g/mol. The highest BCUT2D eigenvalue weighted by Crippen LogP contribution is 2.28. The van der Waals surface area contributed by atoms with Gasteiger partial charge in [-0.05, 0) is 42.5 Å². The van der Waals surface area contributed by atoms with Gasteiger partial charge in [-0.1, -0.05) is 6.07 Å². The molecule has 1 saturated heterocycles. The highest BCUT2D eigenvalue weighted by atomic mass is 16.5. The van der Waals surface area contributed by atoms with E-state index in [4.69, 9.17) is 9.47 Å². The first kappa shape index (κ1) is 21.3. The maximum absolute atomic E-state index is 12.7. The molecule has 0 saturated carbocycles. The summed E-state index contributed by atoms with van der Waals surface area (Å²) in [7, 11) is 3.20. The van der Waals surface area contributed by atoms with Crippen LogP contribution in [0.1, 0.15) is 12.1 Å². The van der Waals surface area contributed by atoms with E-state index >= 15 is 0 Å². The summed E-state index contributed by atoms with van der Waals surface area (Å²) in [6, 6.07) is 16.7. The normalized spacial score (nSPS) is 15.5. The lowest BCUT2D eigenvalue weighted by molar-refractivity contribution is -0.126. The third kappa shape index (κ3) is 4.69. The maximum Gasteiger partial charge on any atom is 0.227 e. The van der Waals surface area contributed by atoms with Crippen LogP contribution in [0.25, 0.3) is 11.3 Å². The number of nitrogens with zero attached hydrogens (tertiary/aromatic N) is 3. The molecule has 2 heterocycles. The van der Waals surface area contributed by atoms with Crippen LogP contribution in [0, 0.1) is 5.92 Å². The summed E-state index contributed by atoms with van der Waals surface area (Å²) in [5, 5.41) is 2.90. The molecule has 8 heteroatoms. The Morgan fingerprint density at radius 1 is 1.06 bits per heavy atom. The number of anilines is 1. The number of carbonyl (C=O) groups is 2. The van der Waals surface area contributed by atoms with E-state index in [0.717, 1.165) is 22.7 Å². The molecule has 8 nitrogen and oxygen atoms in total. The fourth-order valence-corrected chi connectivity index (χ4v) is 3.65. The van der Waals surface area contributed by atoms with Gasteiger partial charge in [-0.25, -0.2) is 9.97 Å². The van der Waals surface area contributed by atoms with E-state index in [1.165, 1.54) is 6.33 Å². The molecule has 164 valence electrons. The van der Waals surface area contributed by atoms with Crippen LogP contribution in [0.5, 0.6) is 11.5 Å². The minimum absolute atomic E-state index is 0.0813. The second-order valence-electron chi connectivity index (χ2n) is 7.45. The van der Waals surface area contributed by atoms with Crippen molar-refractivity contribution in [2.45, 2.75) is 13.0 Å². The molecule has 1 N–H and O–H groups in total. The Morgan fingerprint density at radius 2 is 1.84 bits per heavy atom. The molecular formula is C24H24N4O4. The summed E-state index contributed by atoms with van der Waals surface area (Å²) in [6.07, 6.45) is 1.65. The molecule has 1 aliphatic rings. The second-order valence-corrected chi connectivity index (χ2v) is 7.45. The Hall–Kier alpha value is -3.94. The molecule has 1 fully saturated rings. The van der Waals surface area contributed by atoms with E-state index < -0.39 is 5.92 Å². The van der Waals surface area contributed by atoms with Crippen molar-refractivity contribution in [1.82, 2.24) is 15.3 Å². The molecule has 4 rings (SSSR count). The number of benzene rings is 2. The number of aromatic nitrogens is 2. The molecule has 32 heavy (non-hydrogen) atoms. The van der Waals surface area contributed by atoms with Crippen molar-refractivity contribution in [2.75, 3.05) is 25.7 Å². The lowest BCUT2D eigenvalue weighted by Gasteiger charge is -2.17. The molecule has 2 aromatic carbocycles. The van der Waals surface area contributed by atoms with Gasteiger partial charge in [-0.2, -0.15) is 0 Å². The van der Waals surface area contributed by atoms with Crippen molar-refractivity contribution in [3.8, 4) is 22.8 Å². The van der Waals surface area contributed by atoms with Crippen molar-refractivity contribution in [3.63, 3.8) is 0 Å². The van der Waals surface area contributed by atoms with Gasteiger partial charge < -0.3 is 19.7 Å². The Kier molecular flexibility index (Phi) is 6.30. The third-order valence-corrected chi connectivity index (χ3v) is 5.41. The van der Waals surface area contributed by atoms with Crippen LogP contribution in [0.3, 0.4) is 0 Å². The predicted molar refractivity (Wildman–Crippen MR) is 119 cm³/mol. The van der Waals surface area contributed by atoms with Crippen LogP contribution < -0.4 is 19.7 Å². The summed E-state index contributed by atoms with van der Waals surface area (Å²) in [5.41, 5.74) is 3.10. The van der Waals surface area contributed by atoms with E-state index in [2.05, 4.69) is 15.3 Å². The van der Waals surface area contributed by atoms with Gasteiger partial charge in [-0.3, -0.25) is 9.59 Å². The number of ether oxygens (including phenoxy) is 2. The van der Waals surface area contributed by atoms with Crippen LogP contribution in [-0.4, -0.2) is 42.5 Å². The van der Waals surface area contributed by atoms with Crippen molar-refractivity contribution in [2.24, 2.45) is 5.92 Å². The number of carbonyl (C=O) groups excluding carboxylic acids is 2. The molecule has 2 amide bonds. The Labute approximate surface area is 186 Å². The van der Waals surface area contributed by atoms with Crippen LogP contribution in [-0.2, 0) is 16.1 Å². The minimum atomic E-state index is -0.420. The molecule has 0 bridgehead atoms. The average Bonchev–Trinajstić information content (AvgIpc) is 3.24. The van der Waals surface area contributed by atoms with Gasteiger partial charge in [0.25, 0.3) is 0 Å². The lowest BCUT2D eigenvalue weighted by Crippen LogP contribution is -2.32. The molecule has 1 unspecified atom stereocenters. The van der Waals surface area contributed by atoms with Gasteiger partial charge in [0, 0.05) is 30.3 Å². The number of methoxy groups -OCH3 is 2. The van der Waals surface area contributed by atoms with Crippen molar-refractivity contribution in [3.05, 3.63) is 66.6 Å². The molecule has 0 radical (unpaired) electrons. The number of amides is 2. The van der Waals surface area contributed by atoms with E-state index in [1.807, 2.05) is 48.5 Å². The zero-order valence-electron chi connectivity index (χ0n) is 17.9. The summed E-state index contributed by atoms with van der Waals surface area (Å²) in [6.45, 7) is 0.590. The fourth-order valence-electron chi connectivity index (χ4n) is 3.65. The van der Waals surface area contributed by atoms with E-state index in [1.54, 1.807) is 25.2 Å². The molecule has 0 aliphatic carbocycles. The number of nitrogens with one attached hydrogen (secondary N) is 1. The molecule has 3 aromatic rings. The van der Waals surface area contributed by atoms with Gasteiger partial charge in [-0.15, -0.1) is 0 Å². The van der Waals surface area contributed by atoms with Gasteiger partial charge >= 0.3 is 0 Å². The van der Waals surface area contributed by atoms with Gasteiger partial charge in [0.1, 0.15) is 17.8 Å². The second kappa shape index (κ2) is 9.47. The number of hydrogen-bond donors (Lipinski definition) is 1. The Balaban J connectivity index is 1.38. The largest absolute Gasteiger partial charge is 0.497 e. The lowest BCUT2D eigenvalue weighted by atomic mass is 10.1. The predicted octanol–water partition coefficient (Wildman–Crippen LogP) is 2.83. The minimum Gasteiger partial charge on any atom is -0.497 e. The number of hydrogen-bond acceptors (Lipinski definition) is 6. The Bertz CT molecular complexity index is 1120. The monoisotopic (exact) mass is 432 g/mol. The highest BCUT2D eigenvalue weighted by Gasteiger charge is 2.35. The van der Waals surface area contributed by atoms with Crippen LogP contribution in [0.15, 0.2) is 60.9 Å². The molecule has 1 aromatic heterocycles. The first-order valence-corrected chi connectivity index (χ1v) is 10.2. The molecule has 1 aliphatic heterocycles. The zero-order chi connectivity index (χ0) is 22.5. The highest BCUT2D eigenvalue weighted by molar-refractivity contribution is 6.00. The maximum atomic E-state index is 12.7. The third-order valence-electron chi connectivity index (χ3n) is 5.41. The van der Waals surface area contributed by atoms with Crippen LogP contribution in [0.2, 0.25) is 0 Å². The molecule has 1 atom stereocenters. The quantitative estimate of drug-likeness (QED) is 0.617. The number of rotatable bonds is 7. The first-order chi connectivity index (χ1) is 15.6. The average molecular weight is 432 g/mol. The summed E-state index contributed by atoms with van der Waals surface area (Å²) in [5.74, 6) is 0.760. The topological polar surface area (TPSA) is 93.7 Å².